The molecule has 26 heavy (non-hydrogen) atoms. The molecule has 1 unspecified atom stereocenters. The lowest BCUT2D eigenvalue weighted by Crippen LogP contribution is -2.08. The molecule has 1 atom stereocenters. The van der Waals surface area contributed by atoms with Gasteiger partial charge in [0.2, 0.25) is 0 Å². The zero-order chi connectivity index (χ0) is 18.1. The van der Waals surface area contributed by atoms with E-state index in [1.165, 1.54) is 17.7 Å². The maximum Gasteiger partial charge on any atom is 0.269 e. The van der Waals surface area contributed by atoms with Crippen molar-refractivity contribution in [3.8, 4) is 11.3 Å². The van der Waals surface area contributed by atoms with E-state index in [2.05, 4.69) is 41.7 Å². The first-order valence-corrected chi connectivity index (χ1v) is 8.34. The fraction of sp³-hybridized carbons (Fsp3) is 0.150. The second-order valence-electron chi connectivity index (χ2n) is 6.32. The van der Waals surface area contributed by atoms with Crippen molar-refractivity contribution in [1.29, 1.82) is 0 Å². The number of hydrogen-bond acceptors (Lipinski definition) is 5. The first-order valence-electron chi connectivity index (χ1n) is 8.34. The summed E-state index contributed by atoms with van der Waals surface area (Å²) in [5.74, 6) is 1.48. The molecule has 1 N–H and O–H groups in total. The average molecular weight is 347 g/mol. The monoisotopic (exact) mass is 347 g/mol. The molecule has 1 aromatic heterocycles. The minimum atomic E-state index is -0.413. The normalized spacial score (nSPS) is 16.2. The van der Waals surface area contributed by atoms with Crippen molar-refractivity contribution in [2.75, 3.05) is 0 Å². The van der Waals surface area contributed by atoms with Gasteiger partial charge in [0.25, 0.3) is 5.69 Å². The smallest absolute Gasteiger partial charge is 0.269 e. The fourth-order valence-electron chi connectivity index (χ4n) is 2.98. The van der Waals surface area contributed by atoms with Gasteiger partial charge in [-0.25, -0.2) is 0 Å². The van der Waals surface area contributed by atoms with Crippen LogP contribution in [0.4, 0.5) is 5.69 Å². The average Bonchev–Trinajstić information content (AvgIpc) is 3.32. The molecule has 3 aromatic rings. The van der Waals surface area contributed by atoms with Gasteiger partial charge < -0.3 is 4.42 Å². The summed E-state index contributed by atoms with van der Waals surface area (Å²) in [5.41, 5.74) is 7.32. The largest absolute Gasteiger partial charge is 0.459 e. The molecule has 130 valence electrons. The molecule has 0 saturated heterocycles. The zero-order valence-electron chi connectivity index (χ0n) is 14.2. The highest BCUT2D eigenvalue weighted by Gasteiger charge is 2.24. The molecule has 0 fully saturated rings. The van der Waals surface area contributed by atoms with Gasteiger partial charge in [-0.2, -0.15) is 5.10 Å². The van der Waals surface area contributed by atoms with Crippen LogP contribution in [0.25, 0.3) is 11.3 Å². The van der Waals surface area contributed by atoms with Crippen molar-refractivity contribution < 1.29 is 9.34 Å². The topological polar surface area (TPSA) is 80.7 Å². The number of benzene rings is 2. The van der Waals surface area contributed by atoms with Crippen LogP contribution in [0.3, 0.4) is 0 Å². The summed E-state index contributed by atoms with van der Waals surface area (Å²) >= 11 is 0. The van der Waals surface area contributed by atoms with E-state index in [0.29, 0.717) is 5.76 Å². The molecule has 0 bridgehead atoms. The highest BCUT2D eigenvalue weighted by atomic mass is 16.6. The van der Waals surface area contributed by atoms with Crippen molar-refractivity contribution in [3.05, 3.63) is 87.7 Å². The van der Waals surface area contributed by atoms with E-state index in [-0.39, 0.29) is 11.7 Å². The lowest BCUT2D eigenvalue weighted by molar-refractivity contribution is -0.384. The van der Waals surface area contributed by atoms with Gasteiger partial charge in [0.15, 0.2) is 0 Å². The highest BCUT2D eigenvalue weighted by Crippen LogP contribution is 2.30. The van der Waals surface area contributed by atoms with Gasteiger partial charge in [0.1, 0.15) is 17.6 Å². The number of rotatable bonds is 4. The molecule has 0 amide bonds. The van der Waals surface area contributed by atoms with Crippen LogP contribution < -0.4 is 5.43 Å². The summed E-state index contributed by atoms with van der Waals surface area (Å²) in [6.45, 7) is 2.06. The van der Waals surface area contributed by atoms with Crippen molar-refractivity contribution in [2.24, 2.45) is 5.10 Å². The van der Waals surface area contributed by atoms with Crippen LogP contribution in [0.15, 0.2) is 70.2 Å². The number of hydrogen-bond donors (Lipinski definition) is 1. The van der Waals surface area contributed by atoms with E-state index >= 15 is 0 Å². The Kier molecular flexibility index (Phi) is 4.01. The molecule has 6 nitrogen and oxygen atoms in total. The first-order chi connectivity index (χ1) is 12.6. The predicted octanol–water partition coefficient (Wildman–Crippen LogP) is 4.60. The molecule has 0 saturated carbocycles. The fourth-order valence-corrected chi connectivity index (χ4v) is 2.98. The number of aryl methyl sites for hydroxylation is 1. The number of nitro groups is 1. The van der Waals surface area contributed by atoms with Crippen LogP contribution in [-0.2, 0) is 0 Å². The lowest BCUT2D eigenvalue weighted by atomic mass is 10.0. The Morgan fingerprint density at radius 1 is 1.04 bits per heavy atom. The summed E-state index contributed by atoms with van der Waals surface area (Å²) in [7, 11) is 0. The summed E-state index contributed by atoms with van der Waals surface area (Å²) < 4.78 is 5.95. The third kappa shape index (κ3) is 3.09. The molecule has 6 heteroatoms. The summed E-state index contributed by atoms with van der Waals surface area (Å²) in [5, 5.41) is 15.2. The van der Waals surface area contributed by atoms with Crippen LogP contribution in [0.2, 0.25) is 0 Å². The van der Waals surface area contributed by atoms with Crippen molar-refractivity contribution in [1.82, 2.24) is 5.43 Å². The lowest BCUT2D eigenvalue weighted by Gasteiger charge is -2.06. The maximum atomic E-state index is 10.8. The van der Waals surface area contributed by atoms with E-state index in [1.54, 1.807) is 12.1 Å². The Morgan fingerprint density at radius 2 is 1.73 bits per heavy atom. The predicted molar refractivity (Wildman–Crippen MR) is 99.0 cm³/mol. The van der Waals surface area contributed by atoms with Gasteiger partial charge in [-0.15, -0.1) is 0 Å². The van der Waals surface area contributed by atoms with E-state index in [4.69, 9.17) is 4.42 Å². The molecule has 2 heterocycles. The van der Waals surface area contributed by atoms with Gasteiger partial charge in [-0.05, 0) is 36.8 Å². The standard InChI is InChI=1S/C20H17N3O3/c1-13-2-4-14(5-3-13)17-12-18(22-21-17)20-11-10-19(26-20)15-6-8-16(9-7-15)23(24)25/h2-11,18,22H,12H2,1H3. The Hall–Kier alpha value is -3.41. The number of nitrogens with one attached hydrogen (secondary N) is 1. The molecular formula is C20H17N3O3. The molecule has 1 aliphatic rings. The Balaban J connectivity index is 1.49. The number of furan rings is 1. The van der Waals surface area contributed by atoms with E-state index in [1.807, 2.05) is 12.1 Å². The van der Waals surface area contributed by atoms with Gasteiger partial charge in [0, 0.05) is 24.1 Å². The van der Waals surface area contributed by atoms with E-state index < -0.39 is 4.92 Å². The number of nitrogens with zero attached hydrogens (tertiary/aromatic N) is 2. The second kappa shape index (κ2) is 6.48. The van der Waals surface area contributed by atoms with Crippen LogP contribution in [-0.4, -0.2) is 10.6 Å². The number of nitro benzene ring substituents is 1. The SMILES string of the molecule is Cc1ccc(C2=NNC(c3ccc(-c4ccc([N+](=O)[O-])cc4)o3)C2)cc1. The quantitative estimate of drug-likeness (QED) is 0.552. The summed E-state index contributed by atoms with van der Waals surface area (Å²) in [4.78, 5) is 10.3. The van der Waals surface area contributed by atoms with Crippen LogP contribution in [0.1, 0.15) is 29.3 Å². The molecule has 0 spiro atoms. The van der Waals surface area contributed by atoms with Gasteiger partial charge in [-0.3, -0.25) is 15.5 Å². The van der Waals surface area contributed by atoms with Crippen LogP contribution >= 0.6 is 0 Å². The Bertz CT molecular complexity index is 972. The molecule has 1 aliphatic heterocycles. The maximum absolute atomic E-state index is 10.8. The molecule has 0 radical (unpaired) electrons. The molecule has 4 rings (SSSR count). The number of non-ortho nitro benzene ring substituents is 1. The Morgan fingerprint density at radius 3 is 2.42 bits per heavy atom. The van der Waals surface area contributed by atoms with Crippen molar-refractivity contribution in [3.63, 3.8) is 0 Å². The first kappa shape index (κ1) is 16.1. The third-order valence-corrected chi connectivity index (χ3v) is 4.47. The highest BCUT2D eigenvalue weighted by molar-refractivity contribution is 6.01. The Labute approximate surface area is 150 Å². The van der Waals surface area contributed by atoms with E-state index in [9.17, 15) is 10.1 Å². The van der Waals surface area contributed by atoms with Crippen LogP contribution in [0.5, 0.6) is 0 Å². The summed E-state index contributed by atoms with van der Waals surface area (Å²) in [6, 6.07) is 18.4. The third-order valence-electron chi connectivity index (χ3n) is 4.47. The molecule has 0 aliphatic carbocycles. The minimum Gasteiger partial charge on any atom is -0.459 e. The molecular weight excluding hydrogens is 330 g/mol. The van der Waals surface area contributed by atoms with E-state index in [0.717, 1.165) is 29.0 Å². The summed E-state index contributed by atoms with van der Waals surface area (Å²) in [6.07, 6.45) is 0.746. The van der Waals surface area contributed by atoms with Gasteiger partial charge in [-0.1, -0.05) is 29.8 Å². The molecule has 2 aromatic carbocycles. The second-order valence-corrected chi connectivity index (χ2v) is 6.32. The van der Waals surface area contributed by atoms with Gasteiger partial charge in [0.05, 0.1) is 10.6 Å². The zero-order valence-corrected chi connectivity index (χ0v) is 14.2. The van der Waals surface area contributed by atoms with Crippen molar-refractivity contribution >= 4 is 11.4 Å². The van der Waals surface area contributed by atoms with Gasteiger partial charge >= 0.3 is 0 Å². The number of hydrazone groups is 1. The van der Waals surface area contributed by atoms with Crippen LogP contribution in [0, 0.1) is 17.0 Å². The minimum absolute atomic E-state index is 0.0156. The van der Waals surface area contributed by atoms with Crippen molar-refractivity contribution in [2.45, 2.75) is 19.4 Å².